The summed E-state index contributed by atoms with van der Waals surface area (Å²) in [4.78, 5) is 11.9. The molecule has 0 aliphatic carbocycles. The van der Waals surface area contributed by atoms with Crippen LogP contribution in [0, 0.1) is 0 Å². The highest BCUT2D eigenvalue weighted by Gasteiger charge is 2.28. The van der Waals surface area contributed by atoms with Crippen molar-refractivity contribution in [3.63, 3.8) is 0 Å². The Bertz CT molecular complexity index is 631. The van der Waals surface area contributed by atoms with E-state index in [0.717, 1.165) is 17.5 Å². The van der Waals surface area contributed by atoms with E-state index < -0.39 is 9.84 Å². The van der Waals surface area contributed by atoms with Crippen molar-refractivity contribution >= 4 is 15.9 Å². The molecule has 6 nitrogen and oxygen atoms in total. The first kappa shape index (κ1) is 17.7. The molecule has 1 heterocycles. The van der Waals surface area contributed by atoms with Crippen molar-refractivity contribution in [1.29, 1.82) is 0 Å². The predicted octanol–water partition coefficient (Wildman–Crippen LogP) is 1.60. The number of hydrogen-bond donors (Lipinski definition) is 2. The fraction of sp³-hybridized carbons (Fsp3) is 0.562. The van der Waals surface area contributed by atoms with E-state index in [-0.39, 0.29) is 23.6 Å². The normalized spacial score (nSPS) is 19.4. The van der Waals surface area contributed by atoms with E-state index in [4.69, 9.17) is 4.74 Å². The van der Waals surface area contributed by atoms with Gasteiger partial charge in [0.15, 0.2) is 9.84 Å². The van der Waals surface area contributed by atoms with Crippen molar-refractivity contribution in [3.8, 4) is 0 Å². The lowest BCUT2D eigenvalue weighted by molar-refractivity contribution is 0.121. The summed E-state index contributed by atoms with van der Waals surface area (Å²) in [6.45, 7) is 3.67. The predicted molar refractivity (Wildman–Crippen MR) is 88.8 cm³/mol. The molecular weight excluding hydrogens is 316 g/mol. The molecule has 2 rings (SSSR count). The second-order valence-corrected chi connectivity index (χ2v) is 7.98. The first-order valence-electron chi connectivity index (χ1n) is 7.89. The van der Waals surface area contributed by atoms with Crippen LogP contribution in [0.4, 0.5) is 4.79 Å². The summed E-state index contributed by atoms with van der Waals surface area (Å²) < 4.78 is 28.3. The van der Waals surface area contributed by atoms with E-state index in [1.165, 1.54) is 0 Å². The number of benzene rings is 1. The summed E-state index contributed by atoms with van der Waals surface area (Å²) in [5.41, 5.74) is 2.04. The van der Waals surface area contributed by atoms with Gasteiger partial charge in [-0.15, -0.1) is 0 Å². The Morgan fingerprint density at radius 2 is 2.04 bits per heavy atom. The number of carbonyl (C=O) groups excluding carboxylic acids is 1. The number of carbonyl (C=O) groups is 1. The molecule has 0 bridgehead atoms. The quantitative estimate of drug-likeness (QED) is 0.739. The lowest BCUT2D eigenvalue weighted by Crippen LogP contribution is -2.42. The molecular formula is C16H24N2O4S. The largest absolute Gasteiger partial charge is 0.377 e. The Hall–Kier alpha value is -1.60. The Kier molecular flexibility index (Phi) is 6.41. The number of amides is 2. The van der Waals surface area contributed by atoms with Crippen molar-refractivity contribution in [1.82, 2.24) is 10.6 Å². The molecule has 7 heteroatoms. The second kappa shape index (κ2) is 8.31. The third-order valence-electron chi connectivity index (χ3n) is 3.73. The van der Waals surface area contributed by atoms with Gasteiger partial charge in [-0.25, -0.2) is 13.2 Å². The van der Waals surface area contributed by atoms with Crippen LogP contribution in [0.15, 0.2) is 24.3 Å². The third kappa shape index (κ3) is 5.84. The number of ether oxygens (including phenoxy) is 1. The van der Waals surface area contributed by atoms with Gasteiger partial charge >= 0.3 is 6.03 Å². The molecule has 1 aromatic rings. The summed E-state index contributed by atoms with van der Waals surface area (Å²) in [5.74, 6) is 0.178. The summed E-state index contributed by atoms with van der Waals surface area (Å²) in [6.07, 6.45) is 1.45. The first-order valence-corrected chi connectivity index (χ1v) is 9.71. The molecule has 0 aromatic heterocycles. The molecule has 1 aliphatic rings. The van der Waals surface area contributed by atoms with Crippen molar-refractivity contribution < 1.29 is 17.9 Å². The van der Waals surface area contributed by atoms with Gasteiger partial charge in [0.25, 0.3) is 0 Å². The van der Waals surface area contributed by atoms with Gasteiger partial charge in [0.05, 0.1) is 18.1 Å². The molecule has 0 radical (unpaired) electrons. The number of rotatable bonds is 7. The zero-order chi connectivity index (χ0) is 16.7. The molecule has 2 N–H and O–H groups in total. The number of sulfone groups is 1. The topological polar surface area (TPSA) is 84.5 Å². The average Bonchev–Trinajstić information content (AvgIpc) is 2.85. The van der Waals surface area contributed by atoms with Gasteiger partial charge in [-0.2, -0.15) is 0 Å². The zero-order valence-electron chi connectivity index (χ0n) is 13.4. The van der Waals surface area contributed by atoms with E-state index >= 15 is 0 Å². The highest BCUT2D eigenvalue weighted by Crippen LogP contribution is 2.12. The summed E-state index contributed by atoms with van der Waals surface area (Å²) in [5, 5.41) is 5.50. The zero-order valence-corrected chi connectivity index (χ0v) is 14.2. The Morgan fingerprint density at radius 3 is 2.70 bits per heavy atom. The highest BCUT2D eigenvalue weighted by atomic mass is 32.2. The minimum atomic E-state index is -2.99. The van der Waals surface area contributed by atoms with E-state index in [1.54, 1.807) is 0 Å². The lowest BCUT2D eigenvalue weighted by Gasteiger charge is -2.14. The molecule has 0 spiro atoms. The summed E-state index contributed by atoms with van der Waals surface area (Å²) in [6, 6.07) is 7.16. The summed E-state index contributed by atoms with van der Waals surface area (Å²) in [7, 11) is -2.99. The van der Waals surface area contributed by atoms with Crippen molar-refractivity contribution in [3.05, 3.63) is 35.4 Å². The molecule has 1 aliphatic heterocycles. The van der Waals surface area contributed by atoms with Crippen LogP contribution in [-0.4, -0.2) is 38.6 Å². The molecule has 1 aromatic carbocycles. The van der Waals surface area contributed by atoms with Gasteiger partial charge in [-0.3, -0.25) is 0 Å². The van der Waals surface area contributed by atoms with Gasteiger partial charge in [-0.1, -0.05) is 31.2 Å². The maximum atomic E-state index is 11.9. The van der Waals surface area contributed by atoms with Gasteiger partial charge in [-0.05, 0) is 24.0 Å². The van der Waals surface area contributed by atoms with E-state index in [2.05, 4.69) is 17.6 Å². The molecule has 0 unspecified atom stereocenters. The second-order valence-electron chi connectivity index (χ2n) is 5.75. The van der Waals surface area contributed by atoms with Gasteiger partial charge in [0.1, 0.15) is 0 Å². The number of hydrogen-bond acceptors (Lipinski definition) is 4. The van der Waals surface area contributed by atoms with Crippen LogP contribution in [0.5, 0.6) is 0 Å². The SMILES string of the molecule is CCCOCc1ccccc1CNC(=O)N[C@H]1CCS(=O)(=O)C1. The lowest BCUT2D eigenvalue weighted by atomic mass is 10.1. The monoisotopic (exact) mass is 340 g/mol. The Labute approximate surface area is 137 Å². The first-order chi connectivity index (χ1) is 11.0. The minimum absolute atomic E-state index is 0.0296. The molecule has 2 amide bonds. The molecule has 0 saturated carbocycles. The van der Waals surface area contributed by atoms with E-state index in [9.17, 15) is 13.2 Å². The molecule has 1 fully saturated rings. The molecule has 23 heavy (non-hydrogen) atoms. The fourth-order valence-corrected chi connectivity index (χ4v) is 4.19. The standard InChI is InChI=1S/C16H24N2O4S/c1-2-8-22-11-14-6-4-3-5-13(14)10-17-16(19)18-15-7-9-23(20,21)12-15/h3-6,15H,2,7-12H2,1H3,(H2,17,18,19)/t15-/m0/s1. The van der Waals surface area contributed by atoms with Crippen LogP contribution < -0.4 is 10.6 Å². The third-order valence-corrected chi connectivity index (χ3v) is 5.50. The highest BCUT2D eigenvalue weighted by molar-refractivity contribution is 7.91. The Morgan fingerprint density at radius 1 is 1.30 bits per heavy atom. The fourth-order valence-electron chi connectivity index (χ4n) is 2.52. The van der Waals surface area contributed by atoms with Crippen molar-refractivity contribution in [2.45, 2.75) is 39.0 Å². The van der Waals surface area contributed by atoms with Crippen LogP contribution >= 0.6 is 0 Å². The van der Waals surface area contributed by atoms with Gasteiger partial charge in [0, 0.05) is 19.2 Å². The van der Waals surface area contributed by atoms with E-state index in [1.807, 2.05) is 24.3 Å². The van der Waals surface area contributed by atoms with Crippen LogP contribution in [0.25, 0.3) is 0 Å². The molecule has 1 saturated heterocycles. The van der Waals surface area contributed by atoms with Gasteiger partial charge < -0.3 is 15.4 Å². The van der Waals surface area contributed by atoms with Crippen LogP contribution in [0.2, 0.25) is 0 Å². The number of nitrogens with one attached hydrogen (secondary N) is 2. The van der Waals surface area contributed by atoms with Crippen molar-refractivity contribution in [2.24, 2.45) is 0 Å². The average molecular weight is 340 g/mol. The van der Waals surface area contributed by atoms with E-state index in [0.29, 0.717) is 26.2 Å². The van der Waals surface area contributed by atoms with Crippen molar-refractivity contribution in [2.75, 3.05) is 18.1 Å². The summed E-state index contributed by atoms with van der Waals surface area (Å²) >= 11 is 0. The molecule has 1 atom stereocenters. The number of urea groups is 1. The Balaban J connectivity index is 1.82. The van der Waals surface area contributed by atoms with Gasteiger partial charge in [0.2, 0.25) is 0 Å². The van der Waals surface area contributed by atoms with Crippen LogP contribution in [0.1, 0.15) is 30.9 Å². The van der Waals surface area contributed by atoms with Crippen LogP contribution in [-0.2, 0) is 27.7 Å². The minimum Gasteiger partial charge on any atom is -0.377 e. The maximum Gasteiger partial charge on any atom is 0.315 e. The smallest absolute Gasteiger partial charge is 0.315 e. The maximum absolute atomic E-state index is 11.9. The molecule has 128 valence electrons. The van der Waals surface area contributed by atoms with Crippen LogP contribution in [0.3, 0.4) is 0 Å².